The summed E-state index contributed by atoms with van der Waals surface area (Å²) >= 11 is 1.44. The SMILES string of the molecule is NC(Cc1ccc(Oc2ccc(C=C3SCNC3C(=O)C=O)cc2)cc1[N+](=O)[O-])C(=O)O. The van der Waals surface area contributed by atoms with Gasteiger partial charge in [0.1, 0.15) is 23.6 Å². The van der Waals surface area contributed by atoms with Gasteiger partial charge < -0.3 is 15.6 Å². The van der Waals surface area contributed by atoms with Crippen molar-refractivity contribution in [3.63, 3.8) is 0 Å². The van der Waals surface area contributed by atoms with Gasteiger partial charge in [-0.15, -0.1) is 11.8 Å². The van der Waals surface area contributed by atoms with Crippen LogP contribution in [0.4, 0.5) is 5.69 Å². The van der Waals surface area contributed by atoms with E-state index < -0.39 is 28.8 Å². The minimum atomic E-state index is -1.25. The number of rotatable bonds is 9. The summed E-state index contributed by atoms with van der Waals surface area (Å²) < 4.78 is 5.69. The first-order valence-corrected chi connectivity index (χ1v) is 10.4. The Hall–Kier alpha value is -3.54. The number of nitro benzene ring substituents is 1. The van der Waals surface area contributed by atoms with Gasteiger partial charge in [0, 0.05) is 22.8 Å². The van der Waals surface area contributed by atoms with Crippen molar-refractivity contribution in [2.75, 3.05) is 5.88 Å². The van der Waals surface area contributed by atoms with E-state index in [1.807, 2.05) is 0 Å². The van der Waals surface area contributed by atoms with Crippen LogP contribution in [0.2, 0.25) is 0 Å². The molecular weight excluding hydrogens is 438 g/mol. The molecule has 32 heavy (non-hydrogen) atoms. The quantitative estimate of drug-likeness (QED) is 0.220. The Labute approximate surface area is 186 Å². The first-order valence-electron chi connectivity index (χ1n) is 9.39. The average Bonchev–Trinajstić information content (AvgIpc) is 3.23. The van der Waals surface area contributed by atoms with Crippen molar-refractivity contribution < 1.29 is 29.2 Å². The summed E-state index contributed by atoms with van der Waals surface area (Å²) in [7, 11) is 0. The van der Waals surface area contributed by atoms with E-state index in [9.17, 15) is 24.5 Å². The van der Waals surface area contributed by atoms with Gasteiger partial charge in [0.2, 0.25) is 5.78 Å². The smallest absolute Gasteiger partial charge is 0.320 e. The number of aldehydes is 1. The second-order valence-electron chi connectivity index (χ2n) is 6.86. The summed E-state index contributed by atoms with van der Waals surface area (Å²) in [5.74, 6) is -0.612. The molecular formula is C21H19N3O7S. The van der Waals surface area contributed by atoms with E-state index in [4.69, 9.17) is 15.6 Å². The van der Waals surface area contributed by atoms with Crippen molar-refractivity contribution >= 4 is 41.6 Å². The third-order valence-corrected chi connectivity index (χ3v) is 5.64. The number of benzene rings is 2. The summed E-state index contributed by atoms with van der Waals surface area (Å²) in [5, 5.41) is 23.3. The molecule has 0 saturated carbocycles. The molecule has 0 aromatic heterocycles. The van der Waals surface area contributed by atoms with E-state index in [0.29, 0.717) is 17.9 Å². The molecule has 11 heteroatoms. The number of nitro groups is 1. The Morgan fingerprint density at radius 3 is 2.59 bits per heavy atom. The number of hydrogen-bond donors (Lipinski definition) is 3. The number of nitrogens with zero attached hydrogens (tertiary/aromatic N) is 1. The highest BCUT2D eigenvalue weighted by atomic mass is 32.2. The predicted octanol–water partition coefficient (Wildman–Crippen LogP) is 2.11. The van der Waals surface area contributed by atoms with Crippen molar-refractivity contribution in [3.8, 4) is 11.5 Å². The highest BCUT2D eigenvalue weighted by molar-refractivity contribution is 8.03. The fourth-order valence-corrected chi connectivity index (χ4v) is 4.03. The molecule has 0 spiro atoms. The number of aliphatic carboxylic acids is 1. The van der Waals surface area contributed by atoms with Crippen LogP contribution in [0, 0.1) is 10.1 Å². The number of carboxylic acid groups (broad SMARTS) is 1. The lowest BCUT2D eigenvalue weighted by molar-refractivity contribution is -0.385. The maximum Gasteiger partial charge on any atom is 0.320 e. The number of carbonyl (C=O) groups is 3. The van der Waals surface area contributed by atoms with E-state index >= 15 is 0 Å². The van der Waals surface area contributed by atoms with Gasteiger partial charge in [0.25, 0.3) is 5.69 Å². The highest BCUT2D eigenvalue weighted by Gasteiger charge is 2.27. The minimum absolute atomic E-state index is 0.185. The lowest BCUT2D eigenvalue weighted by Gasteiger charge is -2.10. The van der Waals surface area contributed by atoms with Crippen LogP contribution in [-0.2, 0) is 20.8 Å². The zero-order chi connectivity index (χ0) is 23.3. The lowest BCUT2D eigenvalue weighted by Crippen LogP contribution is -2.32. The van der Waals surface area contributed by atoms with Crippen LogP contribution in [0.1, 0.15) is 11.1 Å². The summed E-state index contributed by atoms with van der Waals surface area (Å²) in [6.45, 7) is 0. The molecule has 0 aliphatic carbocycles. The molecule has 4 N–H and O–H groups in total. The summed E-state index contributed by atoms with van der Waals surface area (Å²) in [4.78, 5) is 44.9. The Bertz CT molecular complexity index is 1090. The number of ketones is 1. The van der Waals surface area contributed by atoms with E-state index in [1.165, 1.54) is 30.0 Å². The Kier molecular flexibility index (Phi) is 7.36. The van der Waals surface area contributed by atoms with Gasteiger partial charge >= 0.3 is 5.97 Å². The zero-order valence-corrected chi connectivity index (χ0v) is 17.4. The predicted molar refractivity (Wildman–Crippen MR) is 117 cm³/mol. The van der Waals surface area contributed by atoms with E-state index in [2.05, 4.69) is 5.32 Å². The molecule has 1 fully saturated rings. The third kappa shape index (κ3) is 5.58. The van der Waals surface area contributed by atoms with E-state index in [0.717, 1.165) is 10.5 Å². The Morgan fingerprint density at radius 1 is 1.28 bits per heavy atom. The number of nitrogens with two attached hydrogens (primary N) is 1. The van der Waals surface area contributed by atoms with Crippen LogP contribution >= 0.6 is 11.8 Å². The normalized spacial score (nSPS) is 17.7. The molecule has 10 nitrogen and oxygen atoms in total. The molecule has 0 bridgehead atoms. The topological polar surface area (TPSA) is 162 Å². The number of carboxylic acids is 1. The van der Waals surface area contributed by atoms with Crippen molar-refractivity contribution in [2.24, 2.45) is 5.73 Å². The zero-order valence-electron chi connectivity index (χ0n) is 16.6. The van der Waals surface area contributed by atoms with Gasteiger partial charge in [0.05, 0.1) is 11.0 Å². The minimum Gasteiger partial charge on any atom is -0.480 e. The summed E-state index contributed by atoms with van der Waals surface area (Å²) in [6.07, 6.45) is 1.91. The fourth-order valence-electron chi connectivity index (χ4n) is 3.03. The molecule has 2 aromatic carbocycles. The summed E-state index contributed by atoms with van der Waals surface area (Å²) in [5.41, 5.74) is 6.19. The molecule has 1 heterocycles. The van der Waals surface area contributed by atoms with Gasteiger partial charge in [-0.1, -0.05) is 12.1 Å². The standard InChI is InChI=1S/C21H19N3O7S/c22-16(21(27)28)8-13-3-6-15(9-17(13)24(29)30)31-14-4-1-12(2-5-14)7-19-20(18(26)10-25)23-11-32-19/h1-7,9-10,16,20,23H,8,11,22H2,(H,27,28). The first-order chi connectivity index (χ1) is 15.3. The lowest BCUT2D eigenvalue weighted by atomic mass is 10.0. The van der Waals surface area contributed by atoms with E-state index in [1.54, 1.807) is 30.3 Å². The van der Waals surface area contributed by atoms with Crippen LogP contribution in [0.3, 0.4) is 0 Å². The van der Waals surface area contributed by atoms with Crippen LogP contribution < -0.4 is 15.8 Å². The number of carbonyl (C=O) groups excluding carboxylic acids is 2. The average molecular weight is 457 g/mol. The van der Waals surface area contributed by atoms with Crippen molar-refractivity contribution in [3.05, 3.63) is 68.6 Å². The van der Waals surface area contributed by atoms with Crippen LogP contribution in [0.15, 0.2) is 47.4 Å². The Balaban J connectivity index is 1.75. The maximum atomic E-state index is 11.7. The molecule has 2 unspecified atom stereocenters. The van der Waals surface area contributed by atoms with Gasteiger partial charge in [-0.25, -0.2) is 0 Å². The highest BCUT2D eigenvalue weighted by Crippen LogP contribution is 2.31. The Morgan fingerprint density at radius 2 is 1.97 bits per heavy atom. The van der Waals surface area contributed by atoms with Crippen molar-refractivity contribution in [2.45, 2.75) is 18.5 Å². The van der Waals surface area contributed by atoms with Crippen LogP contribution in [0.5, 0.6) is 11.5 Å². The largest absolute Gasteiger partial charge is 0.480 e. The van der Waals surface area contributed by atoms with Gasteiger partial charge in [-0.3, -0.25) is 29.8 Å². The molecule has 0 radical (unpaired) electrons. The van der Waals surface area contributed by atoms with Crippen LogP contribution in [0.25, 0.3) is 6.08 Å². The summed E-state index contributed by atoms with van der Waals surface area (Å²) in [6, 6.07) is 9.07. The number of nitrogens with one attached hydrogen (secondary N) is 1. The van der Waals surface area contributed by atoms with Gasteiger partial charge in [0.15, 0.2) is 6.29 Å². The number of ether oxygens (including phenoxy) is 1. The molecule has 1 aliphatic rings. The first kappa shape index (κ1) is 23.1. The molecule has 0 amide bonds. The van der Waals surface area contributed by atoms with Crippen molar-refractivity contribution in [1.82, 2.24) is 5.32 Å². The molecule has 2 aromatic rings. The number of hydrogen-bond acceptors (Lipinski definition) is 9. The van der Waals surface area contributed by atoms with Gasteiger partial charge in [-0.05, 0) is 35.9 Å². The van der Waals surface area contributed by atoms with Gasteiger partial charge in [-0.2, -0.15) is 0 Å². The molecule has 3 rings (SSSR count). The second kappa shape index (κ2) is 10.2. The van der Waals surface area contributed by atoms with Crippen LogP contribution in [-0.4, -0.2) is 46.0 Å². The molecule has 1 aliphatic heterocycles. The number of Topliss-reactive ketones (excluding diaryl/α,β-unsaturated/α-hetero) is 1. The monoisotopic (exact) mass is 457 g/mol. The molecule has 1 saturated heterocycles. The van der Waals surface area contributed by atoms with E-state index in [-0.39, 0.29) is 23.4 Å². The fraction of sp³-hybridized carbons (Fsp3) is 0.190. The molecule has 2 atom stereocenters. The maximum absolute atomic E-state index is 11.7. The second-order valence-corrected chi connectivity index (χ2v) is 7.91. The third-order valence-electron chi connectivity index (χ3n) is 4.65. The number of thioether (sulfide) groups is 1. The molecule has 166 valence electrons. The van der Waals surface area contributed by atoms with Crippen molar-refractivity contribution in [1.29, 1.82) is 0 Å².